The van der Waals surface area contributed by atoms with E-state index >= 15 is 0 Å². The van der Waals surface area contributed by atoms with Gasteiger partial charge < -0.3 is 9.47 Å². The smallest absolute Gasteiger partial charge is 0.319 e. The summed E-state index contributed by atoms with van der Waals surface area (Å²) in [6.07, 6.45) is 2.72. The topological polar surface area (TPSA) is 65.8 Å². The van der Waals surface area contributed by atoms with Gasteiger partial charge in [-0.3, -0.25) is 14.6 Å². The van der Waals surface area contributed by atoms with Crippen LogP contribution in [0.25, 0.3) is 0 Å². The van der Waals surface area contributed by atoms with Crippen molar-refractivity contribution in [2.24, 2.45) is 0 Å². The zero-order valence-electron chi connectivity index (χ0n) is 13.9. The van der Waals surface area contributed by atoms with Gasteiger partial charge in [0.05, 0.1) is 31.9 Å². The van der Waals surface area contributed by atoms with E-state index in [0.29, 0.717) is 19.7 Å². The molecule has 2 unspecified atom stereocenters. The highest BCUT2D eigenvalue weighted by atomic mass is 16.5. The van der Waals surface area contributed by atoms with Crippen molar-refractivity contribution in [3.8, 4) is 6.07 Å². The summed E-state index contributed by atoms with van der Waals surface area (Å²) in [5.41, 5.74) is -0.269. The number of piperazine rings is 1. The first-order valence-electron chi connectivity index (χ1n) is 8.02. The number of nitrogens with zero attached hydrogens (tertiary/aromatic N) is 3. The Kier molecular flexibility index (Phi) is 5.43. The molecule has 0 saturated carbocycles. The summed E-state index contributed by atoms with van der Waals surface area (Å²) in [5.74, 6) is -0.196. The van der Waals surface area contributed by atoms with Gasteiger partial charge in [0.25, 0.3) is 0 Å². The van der Waals surface area contributed by atoms with Crippen LogP contribution >= 0.6 is 0 Å². The Bertz CT molecular complexity index is 450. The Morgan fingerprint density at radius 2 is 2.23 bits per heavy atom. The second-order valence-corrected chi connectivity index (χ2v) is 6.67. The summed E-state index contributed by atoms with van der Waals surface area (Å²) in [6.45, 7) is 8.16. The third kappa shape index (κ3) is 3.60. The number of hydrogen-bond acceptors (Lipinski definition) is 6. The highest BCUT2D eigenvalue weighted by molar-refractivity contribution is 5.71. The van der Waals surface area contributed by atoms with Crippen molar-refractivity contribution in [2.45, 2.75) is 44.2 Å². The first kappa shape index (κ1) is 17.2. The molecular formula is C16H27N3O3. The standard InChI is InChI=1S/C16H27N3O3/c1-4-15(2)12-16(5-10-22-15)13-18(7-6-17)8-9-19(16)11-14(20)21-3/h4-5,7-13H2,1-3H3. The molecule has 0 aromatic carbocycles. The molecule has 6 nitrogen and oxygen atoms in total. The van der Waals surface area contributed by atoms with Crippen LogP contribution in [0.3, 0.4) is 0 Å². The molecule has 2 aliphatic rings. The summed E-state index contributed by atoms with van der Waals surface area (Å²) >= 11 is 0. The average molecular weight is 309 g/mol. The highest BCUT2D eigenvalue weighted by Crippen LogP contribution is 2.40. The minimum Gasteiger partial charge on any atom is -0.468 e. The quantitative estimate of drug-likeness (QED) is 0.570. The summed E-state index contributed by atoms with van der Waals surface area (Å²) in [5, 5.41) is 9.00. The van der Waals surface area contributed by atoms with Gasteiger partial charge in [-0.05, 0) is 26.2 Å². The first-order valence-corrected chi connectivity index (χ1v) is 8.02. The van der Waals surface area contributed by atoms with Crippen LogP contribution < -0.4 is 0 Å². The summed E-state index contributed by atoms with van der Waals surface area (Å²) < 4.78 is 10.9. The molecule has 2 atom stereocenters. The average Bonchev–Trinajstić information content (AvgIpc) is 2.50. The second-order valence-electron chi connectivity index (χ2n) is 6.67. The number of carbonyl (C=O) groups is 1. The van der Waals surface area contributed by atoms with Gasteiger partial charge >= 0.3 is 5.97 Å². The van der Waals surface area contributed by atoms with Crippen LogP contribution in [0.1, 0.15) is 33.1 Å². The SMILES string of the molecule is CCC1(C)CC2(CCO1)CN(CC#N)CCN2CC(=O)OC. The third-order valence-electron chi connectivity index (χ3n) is 5.19. The van der Waals surface area contributed by atoms with Gasteiger partial charge in [-0.15, -0.1) is 0 Å². The van der Waals surface area contributed by atoms with E-state index in [0.717, 1.165) is 38.9 Å². The second kappa shape index (κ2) is 6.95. The van der Waals surface area contributed by atoms with Crippen LogP contribution in [0.2, 0.25) is 0 Å². The number of methoxy groups -OCH3 is 1. The predicted octanol–water partition coefficient (Wildman–Crippen LogP) is 1.02. The fourth-order valence-electron chi connectivity index (χ4n) is 3.75. The largest absolute Gasteiger partial charge is 0.468 e. The van der Waals surface area contributed by atoms with Gasteiger partial charge in [0.15, 0.2) is 0 Å². The Balaban J connectivity index is 2.21. The maximum atomic E-state index is 11.8. The molecule has 2 fully saturated rings. The Morgan fingerprint density at radius 1 is 1.45 bits per heavy atom. The van der Waals surface area contributed by atoms with Crippen LogP contribution in [-0.2, 0) is 14.3 Å². The lowest BCUT2D eigenvalue weighted by Gasteiger charge is -2.55. The fourth-order valence-corrected chi connectivity index (χ4v) is 3.75. The van der Waals surface area contributed by atoms with Crippen molar-refractivity contribution >= 4 is 5.97 Å². The van der Waals surface area contributed by atoms with Gasteiger partial charge in [0, 0.05) is 31.8 Å². The lowest BCUT2D eigenvalue weighted by atomic mass is 9.76. The molecule has 0 N–H and O–H groups in total. The zero-order valence-corrected chi connectivity index (χ0v) is 13.9. The van der Waals surface area contributed by atoms with E-state index in [2.05, 4.69) is 29.7 Å². The highest BCUT2D eigenvalue weighted by Gasteiger charge is 2.49. The first-order chi connectivity index (χ1) is 10.5. The number of carbonyl (C=O) groups excluding carboxylic acids is 1. The molecule has 0 aliphatic carbocycles. The molecule has 2 rings (SSSR count). The van der Waals surface area contributed by atoms with Crippen molar-refractivity contribution < 1.29 is 14.3 Å². The molecule has 0 aromatic heterocycles. The summed E-state index contributed by atoms with van der Waals surface area (Å²) in [7, 11) is 1.43. The molecule has 1 spiro atoms. The van der Waals surface area contributed by atoms with Gasteiger partial charge in [-0.2, -0.15) is 5.26 Å². The van der Waals surface area contributed by atoms with Crippen LogP contribution in [0.4, 0.5) is 0 Å². The minimum atomic E-state index is -0.196. The molecule has 2 saturated heterocycles. The van der Waals surface area contributed by atoms with Gasteiger partial charge in [0.1, 0.15) is 0 Å². The maximum Gasteiger partial charge on any atom is 0.319 e. The molecular weight excluding hydrogens is 282 g/mol. The molecule has 0 amide bonds. The van der Waals surface area contributed by atoms with E-state index < -0.39 is 0 Å². The van der Waals surface area contributed by atoms with Gasteiger partial charge in [0.2, 0.25) is 0 Å². The third-order valence-corrected chi connectivity index (χ3v) is 5.19. The number of rotatable bonds is 4. The predicted molar refractivity (Wildman–Crippen MR) is 82.3 cm³/mol. The maximum absolute atomic E-state index is 11.8. The number of esters is 1. The Labute approximate surface area is 133 Å². The van der Waals surface area contributed by atoms with Gasteiger partial charge in [-0.1, -0.05) is 6.92 Å². The monoisotopic (exact) mass is 309 g/mol. The normalized spacial score (nSPS) is 33.5. The fraction of sp³-hybridized carbons (Fsp3) is 0.875. The van der Waals surface area contributed by atoms with E-state index in [1.54, 1.807) is 0 Å². The van der Waals surface area contributed by atoms with Crippen molar-refractivity contribution in [1.29, 1.82) is 5.26 Å². The van der Waals surface area contributed by atoms with Crippen LogP contribution in [0.5, 0.6) is 0 Å². The van der Waals surface area contributed by atoms with E-state index in [-0.39, 0.29) is 17.1 Å². The van der Waals surface area contributed by atoms with Crippen molar-refractivity contribution in [3.63, 3.8) is 0 Å². The van der Waals surface area contributed by atoms with Gasteiger partial charge in [-0.25, -0.2) is 0 Å². The summed E-state index contributed by atoms with van der Waals surface area (Å²) in [4.78, 5) is 16.2. The van der Waals surface area contributed by atoms with Crippen molar-refractivity contribution in [2.75, 3.05) is 46.4 Å². The summed E-state index contributed by atoms with van der Waals surface area (Å²) in [6, 6.07) is 2.25. The Morgan fingerprint density at radius 3 is 2.86 bits per heavy atom. The van der Waals surface area contributed by atoms with E-state index in [1.807, 2.05) is 0 Å². The van der Waals surface area contributed by atoms with Crippen LogP contribution in [0, 0.1) is 11.3 Å². The Hall–Kier alpha value is -1.16. The molecule has 22 heavy (non-hydrogen) atoms. The van der Waals surface area contributed by atoms with E-state index in [9.17, 15) is 4.79 Å². The number of ether oxygens (including phenoxy) is 2. The molecule has 0 bridgehead atoms. The molecule has 2 heterocycles. The number of hydrogen-bond donors (Lipinski definition) is 0. The van der Waals surface area contributed by atoms with E-state index in [4.69, 9.17) is 14.7 Å². The van der Waals surface area contributed by atoms with Crippen LogP contribution in [0.15, 0.2) is 0 Å². The lowest BCUT2D eigenvalue weighted by Crippen LogP contribution is -2.67. The van der Waals surface area contributed by atoms with Crippen molar-refractivity contribution in [3.05, 3.63) is 0 Å². The lowest BCUT2D eigenvalue weighted by molar-refractivity contribution is -0.163. The number of nitriles is 1. The molecule has 124 valence electrons. The molecule has 2 aliphatic heterocycles. The zero-order chi connectivity index (χ0) is 16.2. The minimum absolute atomic E-state index is 0.105. The van der Waals surface area contributed by atoms with Crippen LogP contribution in [-0.4, -0.2) is 73.3 Å². The van der Waals surface area contributed by atoms with E-state index in [1.165, 1.54) is 7.11 Å². The van der Waals surface area contributed by atoms with Crippen molar-refractivity contribution in [1.82, 2.24) is 9.80 Å². The molecule has 0 radical (unpaired) electrons. The molecule has 6 heteroatoms. The molecule has 0 aromatic rings.